The van der Waals surface area contributed by atoms with Gasteiger partial charge >= 0.3 is 0 Å². The summed E-state index contributed by atoms with van der Waals surface area (Å²) < 4.78 is 0. The molecule has 2 rings (SSSR count). The van der Waals surface area contributed by atoms with E-state index in [1.165, 1.54) is 0 Å². The summed E-state index contributed by atoms with van der Waals surface area (Å²) in [6, 6.07) is 14.5. The summed E-state index contributed by atoms with van der Waals surface area (Å²) in [6.45, 7) is 10.00. The van der Waals surface area contributed by atoms with Crippen molar-refractivity contribution in [2.45, 2.75) is 34.6 Å². The molecule has 0 heterocycles. The zero-order valence-electron chi connectivity index (χ0n) is 13.1. The Morgan fingerprint density at radius 1 is 0.750 bits per heavy atom. The van der Waals surface area contributed by atoms with Crippen molar-refractivity contribution in [3.63, 3.8) is 0 Å². The molecule has 0 amide bonds. The van der Waals surface area contributed by atoms with Crippen molar-refractivity contribution >= 4 is 11.5 Å². The van der Waals surface area contributed by atoms with Crippen molar-refractivity contribution in [2.24, 2.45) is 0 Å². The minimum atomic E-state index is 0.0278. The molecule has 0 spiro atoms. The molecular formula is C18H25NO. The average Bonchev–Trinajstić information content (AvgIpc) is 2.52. The molecule has 0 aliphatic carbocycles. The van der Waals surface area contributed by atoms with E-state index >= 15 is 0 Å². The van der Waals surface area contributed by atoms with E-state index in [1.807, 2.05) is 58.9 Å². The maximum Gasteiger partial charge on any atom is 0.193 e. The van der Waals surface area contributed by atoms with Crippen molar-refractivity contribution in [1.29, 1.82) is 0 Å². The Labute approximate surface area is 122 Å². The molecule has 0 bridgehead atoms. The maximum atomic E-state index is 12.0. The topological polar surface area (TPSA) is 43.1 Å². The van der Waals surface area contributed by atoms with Crippen LogP contribution in [0, 0.1) is 6.92 Å². The number of hydrogen-bond acceptors (Lipinski definition) is 2. The van der Waals surface area contributed by atoms with E-state index in [2.05, 4.69) is 0 Å². The standard InChI is InChI=1S/C14H13NO.2C2H6/c1-10-2-4-11(5-3-10)14(16)12-6-8-13(15)9-7-12;2*1-2/h2-9H,15H2,1H3;2*1-2H3. The Bertz CT molecular complexity index is 450. The predicted molar refractivity (Wildman–Crippen MR) is 88.2 cm³/mol. The fourth-order valence-electron chi connectivity index (χ4n) is 1.51. The van der Waals surface area contributed by atoms with Crippen LogP contribution in [0.3, 0.4) is 0 Å². The zero-order chi connectivity index (χ0) is 15.5. The molecule has 0 aliphatic rings. The van der Waals surface area contributed by atoms with Crippen LogP contribution >= 0.6 is 0 Å². The number of ketones is 1. The molecule has 0 unspecified atom stereocenters. The second kappa shape index (κ2) is 9.79. The maximum absolute atomic E-state index is 12.0. The summed E-state index contributed by atoms with van der Waals surface area (Å²) in [6.07, 6.45) is 0. The normalized spacial score (nSPS) is 8.65. The number of anilines is 1. The van der Waals surface area contributed by atoms with Crippen LogP contribution in [0.4, 0.5) is 5.69 Å². The Balaban J connectivity index is 0.000000829. The molecule has 0 saturated carbocycles. The van der Waals surface area contributed by atoms with Crippen LogP contribution in [0.2, 0.25) is 0 Å². The van der Waals surface area contributed by atoms with Crippen LogP contribution in [0.5, 0.6) is 0 Å². The molecule has 2 heteroatoms. The van der Waals surface area contributed by atoms with Crippen LogP contribution in [-0.4, -0.2) is 5.78 Å². The number of nitrogen functional groups attached to an aromatic ring is 1. The van der Waals surface area contributed by atoms with Gasteiger partial charge in [0.2, 0.25) is 0 Å². The number of hydrogen-bond donors (Lipinski definition) is 1. The SMILES string of the molecule is CC.CC.Cc1ccc(C(=O)c2ccc(N)cc2)cc1. The van der Waals surface area contributed by atoms with Crippen LogP contribution in [0.25, 0.3) is 0 Å². The first-order chi connectivity index (χ1) is 9.66. The molecule has 0 aliphatic heterocycles. The molecule has 0 aromatic heterocycles. The fraction of sp³-hybridized carbons (Fsp3) is 0.278. The highest BCUT2D eigenvalue weighted by molar-refractivity contribution is 6.09. The lowest BCUT2D eigenvalue weighted by Gasteiger charge is -2.02. The molecule has 2 aromatic rings. The van der Waals surface area contributed by atoms with Crippen LogP contribution < -0.4 is 5.73 Å². The van der Waals surface area contributed by atoms with Gasteiger partial charge in [-0.05, 0) is 31.2 Å². The number of carbonyl (C=O) groups excluding carboxylic acids is 1. The minimum absolute atomic E-state index is 0.0278. The van der Waals surface area contributed by atoms with Crippen molar-refractivity contribution < 1.29 is 4.79 Å². The summed E-state index contributed by atoms with van der Waals surface area (Å²) >= 11 is 0. The van der Waals surface area contributed by atoms with Gasteiger partial charge in [-0.2, -0.15) is 0 Å². The first kappa shape index (κ1) is 17.9. The largest absolute Gasteiger partial charge is 0.399 e. The second-order valence-corrected chi connectivity index (χ2v) is 3.82. The number of benzene rings is 2. The monoisotopic (exact) mass is 271 g/mol. The smallest absolute Gasteiger partial charge is 0.193 e. The third-order valence-corrected chi connectivity index (χ3v) is 2.49. The van der Waals surface area contributed by atoms with Crippen molar-refractivity contribution in [2.75, 3.05) is 5.73 Å². The fourth-order valence-corrected chi connectivity index (χ4v) is 1.51. The van der Waals surface area contributed by atoms with Gasteiger partial charge in [-0.25, -0.2) is 0 Å². The molecule has 20 heavy (non-hydrogen) atoms. The highest BCUT2D eigenvalue weighted by Crippen LogP contribution is 2.12. The molecule has 2 aromatic carbocycles. The van der Waals surface area contributed by atoms with Crippen LogP contribution in [0.15, 0.2) is 48.5 Å². The van der Waals surface area contributed by atoms with E-state index in [-0.39, 0.29) is 5.78 Å². The van der Waals surface area contributed by atoms with Crippen molar-refractivity contribution in [1.82, 2.24) is 0 Å². The third-order valence-electron chi connectivity index (χ3n) is 2.49. The number of nitrogens with two attached hydrogens (primary N) is 1. The van der Waals surface area contributed by atoms with Gasteiger partial charge in [-0.3, -0.25) is 4.79 Å². The van der Waals surface area contributed by atoms with E-state index in [1.54, 1.807) is 24.3 Å². The minimum Gasteiger partial charge on any atom is -0.399 e. The van der Waals surface area contributed by atoms with Gasteiger partial charge in [-0.15, -0.1) is 0 Å². The van der Waals surface area contributed by atoms with Gasteiger partial charge in [0, 0.05) is 16.8 Å². The van der Waals surface area contributed by atoms with Crippen molar-refractivity contribution in [3.8, 4) is 0 Å². The summed E-state index contributed by atoms with van der Waals surface area (Å²) in [4.78, 5) is 12.0. The summed E-state index contributed by atoms with van der Waals surface area (Å²) in [7, 11) is 0. The quantitative estimate of drug-likeness (QED) is 0.626. The first-order valence-corrected chi connectivity index (χ1v) is 7.14. The molecule has 2 nitrogen and oxygen atoms in total. The average molecular weight is 271 g/mol. The Morgan fingerprint density at radius 3 is 1.50 bits per heavy atom. The van der Waals surface area contributed by atoms with Gasteiger partial charge in [0.1, 0.15) is 0 Å². The molecule has 0 fully saturated rings. The van der Waals surface area contributed by atoms with E-state index in [9.17, 15) is 4.79 Å². The molecule has 0 atom stereocenters. The molecule has 108 valence electrons. The predicted octanol–water partition coefficient (Wildman–Crippen LogP) is 4.86. The Hall–Kier alpha value is -2.09. The summed E-state index contributed by atoms with van der Waals surface area (Å²) in [5.41, 5.74) is 8.76. The Kier molecular flexibility index (Phi) is 8.77. The molecule has 2 N–H and O–H groups in total. The summed E-state index contributed by atoms with van der Waals surface area (Å²) in [5.74, 6) is 0.0278. The second-order valence-electron chi connectivity index (χ2n) is 3.82. The van der Waals surface area contributed by atoms with E-state index < -0.39 is 0 Å². The van der Waals surface area contributed by atoms with E-state index in [4.69, 9.17) is 5.73 Å². The van der Waals surface area contributed by atoms with Gasteiger partial charge in [0.05, 0.1) is 0 Å². The Morgan fingerprint density at radius 2 is 1.10 bits per heavy atom. The van der Waals surface area contributed by atoms with Crippen LogP contribution in [0.1, 0.15) is 49.2 Å². The van der Waals surface area contributed by atoms with Gasteiger partial charge in [0.25, 0.3) is 0 Å². The van der Waals surface area contributed by atoms with E-state index in [0.717, 1.165) is 5.56 Å². The lowest BCUT2D eigenvalue weighted by Crippen LogP contribution is -2.01. The lowest BCUT2D eigenvalue weighted by molar-refractivity contribution is 0.103. The number of aryl methyl sites for hydroxylation is 1. The number of rotatable bonds is 2. The zero-order valence-corrected chi connectivity index (χ0v) is 13.1. The van der Waals surface area contributed by atoms with Crippen LogP contribution in [-0.2, 0) is 0 Å². The molecular weight excluding hydrogens is 246 g/mol. The van der Waals surface area contributed by atoms with Crippen molar-refractivity contribution in [3.05, 3.63) is 65.2 Å². The van der Waals surface area contributed by atoms with Gasteiger partial charge in [-0.1, -0.05) is 57.5 Å². The number of carbonyl (C=O) groups is 1. The summed E-state index contributed by atoms with van der Waals surface area (Å²) in [5, 5.41) is 0. The molecule has 0 saturated heterocycles. The first-order valence-electron chi connectivity index (χ1n) is 7.14. The van der Waals surface area contributed by atoms with Gasteiger partial charge < -0.3 is 5.73 Å². The third kappa shape index (κ3) is 5.27. The van der Waals surface area contributed by atoms with Gasteiger partial charge in [0.15, 0.2) is 5.78 Å². The highest BCUT2D eigenvalue weighted by atomic mass is 16.1. The van der Waals surface area contributed by atoms with E-state index in [0.29, 0.717) is 16.8 Å². The highest BCUT2D eigenvalue weighted by Gasteiger charge is 2.07. The molecule has 0 radical (unpaired) electrons. The lowest BCUT2D eigenvalue weighted by atomic mass is 10.0.